The summed E-state index contributed by atoms with van der Waals surface area (Å²) in [6, 6.07) is 0.743. The molecule has 17 heavy (non-hydrogen) atoms. The predicted molar refractivity (Wildman–Crippen MR) is 64.3 cm³/mol. The molecule has 0 aliphatic heterocycles. The molecule has 0 atom stereocenters. The summed E-state index contributed by atoms with van der Waals surface area (Å²) in [5, 5.41) is 7.19. The number of hydrogen-bond acceptors (Lipinski definition) is 3. The maximum absolute atomic E-state index is 11.4. The normalized spacial score (nSPS) is 24.2. The number of carbonyl (C=O) groups excluding carboxylic acids is 1. The van der Waals surface area contributed by atoms with Crippen LogP contribution in [0.15, 0.2) is 25.3 Å². The summed E-state index contributed by atoms with van der Waals surface area (Å²) in [4.78, 5) is 15.4. The molecule has 1 aliphatic rings. The molecule has 0 radical (unpaired) electrons. The smallest absolute Gasteiger partial charge is 0.224 e. The SMILES string of the molecule is C=CCC(=O)NC1CCC(n2cncn2)CC1. The summed E-state index contributed by atoms with van der Waals surface area (Å²) in [6.45, 7) is 3.56. The minimum absolute atomic E-state index is 0.0733. The first-order valence-electron chi connectivity index (χ1n) is 6.04. The van der Waals surface area contributed by atoms with Crippen LogP contribution in [-0.2, 0) is 4.79 Å². The van der Waals surface area contributed by atoms with Crippen LogP contribution in [-0.4, -0.2) is 26.7 Å². The van der Waals surface area contributed by atoms with Crippen LogP contribution in [0.3, 0.4) is 0 Å². The van der Waals surface area contributed by atoms with Gasteiger partial charge in [0.15, 0.2) is 0 Å². The molecule has 5 heteroatoms. The highest BCUT2D eigenvalue weighted by atomic mass is 16.1. The lowest BCUT2D eigenvalue weighted by molar-refractivity contribution is -0.121. The monoisotopic (exact) mass is 234 g/mol. The first kappa shape index (κ1) is 11.8. The van der Waals surface area contributed by atoms with Gasteiger partial charge in [-0.15, -0.1) is 6.58 Å². The van der Waals surface area contributed by atoms with Gasteiger partial charge in [0.25, 0.3) is 0 Å². The van der Waals surface area contributed by atoms with Gasteiger partial charge in [0.2, 0.25) is 5.91 Å². The van der Waals surface area contributed by atoms with E-state index < -0.39 is 0 Å². The standard InChI is InChI=1S/C12H18N4O/c1-2-3-12(17)15-10-4-6-11(7-5-10)16-9-13-8-14-16/h2,8-11H,1,3-7H2,(H,15,17). The summed E-state index contributed by atoms with van der Waals surface area (Å²) in [5.41, 5.74) is 0. The third kappa shape index (κ3) is 3.15. The van der Waals surface area contributed by atoms with Crippen LogP contribution in [0.5, 0.6) is 0 Å². The fourth-order valence-electron chi connectivity index (χ4n) is 2.31. The van der Waals surface area contributed by atoms with Crippen molar-refractivity contribution in [2.45, 2.75) is 44.2 Å². The van der Waals surface area contributed by atoms with Crippen molar-refractivity contribution in [2.24, 2.45) is 0 Å². The van der Waals surface area contributed by atoms with E-state index in [2.05, 4.69) is 22.0 Å². The number of nitrogens with one attached hydrogen (secondary N) is 1. The van der Waals surface area contributed by atoms with Gasteiger partial charge < -0.3 is 5.32 Å². The van der Waals surface area contributed by atoms with Crippen LogP contribution in [0.2, 0.25) is 0 Å². The Morgan fingerprint density at radius 3 is 2.82 bits per heavy atom. The zero-order chi connectivity index (χ0) is 12.1. The first-order chi connectivity index (χ1) is 8.29. The molecule has 0 unspecified atom stereocenters. The van der Waals surface area contributed by atoms with Crippen LogP contribution in [0.4, 0.5) is 0 Å². The number of rotatable bonds is 4. The van der Waals surface area contributed by atoms with E-state index in [4.69, 9.17) is 0 Å². The molecule has 1 heterocycles. The van der Waals surface area contributed by atoms with Gasteiger partial charge in [-0.2, -0.15) is 5.10 Å². The quantitative estimate of drug-likeness (QED) is 0.802. The Labute approximate surface area is 101 Å². The van der Waals surface area contributed by atoms with Crippen LogP contribution in [0, 0.1) is 0 Å². The predicted octanol–water partition coefficient (Wildman–Crippen LogP) is 1.45. The van der Waals surface area contributed by atoms with E-state index in [1.807, 2.05) is 4.68 Å². The van der Waals surface area contributed by atoms with Gasteiger partial charge in [0.05, 0.1) is 6.04 Å². The third-order valence-corrected chi connectivity index (χ3v) is 3.20. The molecule has 2 rings (SSSR count). The van der Waals surface area contributed by atoms with Gasteiger partial charge in [-0.05, 0) is 25.7 Å². The average molecular weight is 234 g/mol. The molecule has 1 aromatic heterocycles. The Balaban J connectivity index is 1.78. The average Bonchev–Trinajstić information content (AvgIpc) is 2.84. The van der Waals surface area contributed by atoms with Gasteiger partial charge in [0, 0.05) is 12.5 Å². The van der Waals surface area contributed by atoms with Crippen molar-refractivity contribution in [1.29, 1.82) is 0 Å². The van der Waals surface area contributed by atoms with E-state index in [0.29, 0.717) is 18.5 Å². The maximum atomic E-state index is 11.4. The second-order valence-corrected chi connectivity index (χ2v) is 4.44. The Kier molecular flexibility index (Phi) is 3.90. The lowest BCUT2D eigenvalue weighted by Gasteiger charge is -2.28. The molecule has 1 aromatic rings. The number of carbonyl (C=O) groups is 1. The summed E-state index contributed by atoms with van der Waals surface area (Å²) in [7, 11) is 0. The van der Waals surface area contributed by atoms with E-state index in [-0.39, 0.29) is 5.91 Å². The minimum atomic E-state index is 0.0733. The van der Waals surface area contributed by atoms with Crippen LogP contribution >= 0.6 is 0 Å². The molecule has 1 fully saturated rings. The van der Waals surface area contributed by atoms with E-state index in [1.54, 1.807) is 18.7 Å². The molecule has 0 aromatic carbocycles. The number of nitrogens with zero attached hydrogens (tertiary/aromatic N) is 3. The van der Waals surface area contributed by atoms with E-state index >= 15 is 0 Å². The molecular formula is C12H18N4O. The number of hydrogen-bond donors (Lipinski definition) is 1. The largest absolute Gasteiger partial charge is 0.353 e. The van der Waals surface area contributed by atoms with Gasteiger partial charge >= 0.3 is 0 Å². The molecule has 5 nitrogen and oxygen atoms in total. The van der Waals surface area contributed by atoms with Crippen molar-refractivity contribution in [2.75, 3.05) is 0 Å². The van der Waals surface area contributed by atoms with E-state index in [9.17, 15) is 4.79 Å². The molecule has 0 bridgehead atoms. The van der Waals surface area contributed by atoms with Gasteiger partial charge in [-0.1, -0.05) is 6.08 Å². The Morgan fingerprint density at radius 2 is 2.24 bits per heavy atom. The molecule has 0 saturated heterocycles. The molecule has 92 valence electrons. The van der Waals surface area contributed by atoms with Crippen LogP contribution < -0.4 is 5.32 Å². The van der Waals surface area contributed by atoms with Crippen molar-refractivity contribution in [1.82, 2.24) is 20.1 Å². The highest BCUT2D eigenvalue weighted by Gasteiger charge is 2.23. The Bertz CT molecular complexity index is 366. The highest BCUT2D eigenvalue weighted by Crippen LogP contribution is 2.27. The van der Waals surface area contributed by atoms with Crippen LogP contribution in [0.1, 0.15) is 38.1 Å². The van der Waals surface area contributed by atoms with Gasteiger partial charge in [-0.3, -0.25) is 4.79 Å². The Morgan fingerprint density at radius 1 is 1.47 bits per heavy atom. The zero-order valence-electron chi connectivity index (χ0n) is 9.88. The fraction of sp³-hybridized carbons (Fsp3) is 0.583. The number of amides is 1. The van der Waals surface area contributed by atoms with Gasteiger partial charge in [-0.25, -0.2) is 9.67 Å². The van der Waals surface area contributed by atoms with Crippen molar-refractivity contribution >= 4 is 5.91 Å². The second kappa shape index (κ2) is 5.61. The fourth-order valence-corrected chi connectivity index (χ4v) is 2.31. The maximum Gasteiger partial charge on any atom is 0.224 e. The lowest BCUT2D eigenvalue weighted by Crippen LogP contribution is -2.37. The summed E-state index contributed by atoms with van der Waals surface area (Å²) < 4.78 is 1.92. The zero-order valence-corrected chi connectivity index (χ0v) is 9.88. The number of aromatic nitrogens is 3. The molecular weight excluding hydrogens is 216 g/mol. The van der Waals surface area contributed by atoms with E-state index in [0.717, 1.165) is 25.7 Å². The van der Waals surface area contributed by atoms with Crippen molar-refractivity contribution < 1.29 is 4.79 Å². The summed E-state index contributed by atoms with van der Waals surface area (Å²) >= 11 is 0. The molecule has 1 saturated carbocycles. The molecule has 1 amide bonds. The lowest BCUT2D eigenvalue weighted by atomic mass is 9.91. The first-order valence-corrected chi connectivity index (χ1v) is 6.04. The van der Waals surface area contributed by atoms with Crippen molar-refractivity contribution in [3.63, 3.8) is 0 Å². The molecule has 1 aliphatic carbocycles. The van der Waals surface area contributed by atoms with Crippen LogP contribution in [0.25, 0.3) is 0 Å². The van der Waals surface area contributed by atoms with E-state index in [1.165, 1.54) is 0 Å². The minimum Gasteiger partial charge on any atom is -0.353 e. The summed E-state index contributed by atoms with van der Waals surface area (Å²) in [6.07, 6.45) is 9.48. The molecule has 1 N–H and O–H groups in total. The topological polar surface area (TPSA) is 59.8 Å². The summed E-state index contributed by atoms with van der Waals surface area (Å²) in [5.74, 6) is 0.0733. The highest BCUT2D eigenvalue weighted by molar-refractivity contribution is 5.77. The Hall–Kier alpha value is -1.65. The molecule has 0 spiro atoms. The van der Waals surface area contributed by atoms with Crippen molar-refractivity contribution in [3.05, 3.63) is 25.3 Å². The third-order valence-electron chi connectivity index (χ3n) is 3.20. The van der Waals surface area contributed by atoms with Crippen molar-refractivity contribution in [3.8, 4) is 0 Å². The second-order valence-electron chi connectivity index (χ2n) is 4.44. The van der Waals surface area contributed by atoms with Gasteiger partial charge in [0.1, 0.15) is 12.7 Å².